The summed E-state index contributed by atoms with van der Waals surface area (Å²) in [6.07, 6.45) is 0.517. The predicted octanol–water partition coefficient (Wildman–Crippen LogP) is 3.05. The largest absolute Gasteiger partial charge is 0.366 e. The van der Waals surface area contributed by atoms with Gasteiger partial charge in [-0.05, 0) is 41.8 Å². The molecule has 3 N–H and O–H groups in total. The molecule has 0 saturated carbocycles. The van der Waals surface area contributed by atoms with Crippen molar-refractivity contribution in [1.82, 2.24) is 4.72 Å². The highest BCUT2D eigenvalue weighted by Crippen LogP contribution is 2.22. The van der Waals surface area contributed by atoms with Crippen molar-refractivity contribution in [2.24, 2.45) is 5.73 Å². The molecule has 0 aliphatic carbocycles. The van der Waals surface area contributed by atoms with E-state index in [1.54, 1.807) is 0 Å². The van der Waals surface area contributed by atoms with Crippen LogP contribution >= 0.6 is 0 Å². The van der Waals surface area contributed by atoms with Crippen LogP contribution in [0.5, 0.6) is 0 Å². The van der Waals surface area contributed by atoms with Gasteiger partial charge in [0, 0.05) is 5.56 Å². The molecule has 0 saturated heterocycles. The fraction of sp³-hybridized carbons (Fsp3) is 0.0952. The van der Waals surface area contributed by atoms with Gasteiger partial charge in [0.15, 0.2) is 0 Å². The lowest BCUT2D eigenvalue weighted by atomic mass is 10.00. The molecule has 138 valence electrons. The Morgan fingerprint density at radius 2 is 1.41 bits per heavy atom. The Labute approximate surface area is 158 Å². The van der Waals surface area contributed by atoms with Crippen LogP contribution < -0.4 is 10.5 Å². The van der Waals surface area contributed by atoms with Gasteiger partial charge in [-0.25, -0.2) is 13.1 Å². The molecule has 0 aliphatic rings. The van der Waals surface area contributed by atoms with Gasteiger partial charge in [0.25, 0.3) is 0 Å². The lowest BCUT2D eigenvalue weighted by Crippen LogP contribution is -2.30. The highest BCUT2D eigenvalue weighted by atomic mass is 32.2. The summed E-state index contributed by atoms with van der Waals surface area (Å²) in [7, 11) is -3.77. The van der Waals surface area contributed by atoms with Crippen LogP contribution in [0, 0.1) is 0 Å². The zero-order chi connectivity index (χ0) is 19.3. The Kier molecular flexibility index (Phi) is 5.69. The Morgan fingerprint density at radius 1 is 0.852 bits per heavy atom. The van der Waals surface area contributed by atoms with Crippen molar-refractivity contribution in [2.75, 3.05) is 0 Å². The number of rotatable bonds is 7. The monoisotopic (exact) mass is 380 g/mol. The predicted molar refractivity (Wildman–Crippen MR) is 105 cm³/mol. The average molecular weight is 380 g/mol. The van der Waals surface area contributed by atoms with E-state index in [0.29, 0.717) is 6.42 Å². The molecule has 3 aromatic carbocycles. The number of benzene rings is 3. The fourth-order valence-corrected chi connectivity index (χ4v) is 4.04. The first-order chi connectivity index (χ1) is 13.0. The molecule has 0 heterocycles. The molecule has 6 heteroatoms. The van der Waals surface area contributed by atoms with Crippen LogP contribution in [0.4, 0.5) is 0 Å². The van der Waals surface area contributed by atoms with Crippen LogP contribution in [0.2, 0.25) is 0 Å². The Bertz CT molecular complexity index is 1000. The summed E-state index contributed by atoms with van der Waals surface area (Å²) in [5.41, 5.74) is 7.37. The van der Waals surface area contributed by atoms with Gasteiger partial charge in [-0.1, -0.05) is 60.7 Å². The molecule has 0 radical (unpaired) electrons. The topological polar surface area (TPSA) is 89.3 Å². The van der Waals surface area contributed by atoms with E-state index in [1.165, 1.54) is 24.3 Å². The van der Waals surface area contributed by atoms with E-state index in [1.807, 2.05) is 60.7 Å². The van der Waals surface area contributed by atoms with Crippen molar-refractivity contribution in [3.63, 3.8) is 0 Å². The molecular weight excluding hydrogens is 360 g/mol. The number of hydrogen-bond acceptors (Lipinski definition) is 3. The number of sulfonamides is 1. The minimum absolute atomic E-state index is 0.0847. The van der Waals surface area contributed by atoms with Gasteiger partial charge in [0.05, 0.1) is 10.9 Å². The van der Waals surface area contributed by atoms with Crippen LogP contribution in [0.1, 0.15) is 27.5 Å². The summed E-state index contributed by atoms with van der Waals surface area (Å²) >= 11 is 0. The van der Waals surface area contributed by atoms with Crippen LogP contribution in [-0.2, 0) is 16.4 Å². The van der Waals surface area contributed by atoms with E-state index >= 15 is 0 Å². The molecule has 3 rings (SSSR count). The van der Waals surface area contributed by atoms with E-state index in [4.69, 9.17) is 5.73 Å². The number of primary amides is 1. The Hall–Kier alpha value is -2.96. The standard InChI is InChI=1S/C21H20N2O3S/c22-21(24)18-11-13-19(14-12-18)27(25,26)23-20(17-9-5-2-6-10-17)15-16-7-3-1-4-8-16/h1-14,20,23H,15H2,(H2,22,24)/t20-/m1/s1. The van der Waals surface area contributed by atoms with E-state index in [2.05, 4.69) is 4.72 Å². The number of hydrogen-bond donors (Lipinski definition) is 2. The molecule has 0 aromatic heterocycles. The van der Waals surface area contributed by atoms with Crippen LogP contribution in [0.25, 0.3) is 0 Å². The molecule has 0 fully saturated rings. The third-order valence-electron chi connectivity index (χ3n) is 4.23. The van der Waals surface area contributed by atoms with Gasteiger partial charge in [0.1, 0.15) is 0 Å². The zero-order valence-corrected chi connectivity index (χ0v) is 15.4. The third-order valence-corrected chi connectivity index (χ3v) is 5.72. The van der Waals surface area contributed by atoms with Crippen LogP contribution in [-0.4, -0.2) is 14.3 Å². The van der Waals surface area contributed by atoms with Gasteiger partial charge >= 0.3 is 0 Å². The van der Waals surface area contributed by atoms with E-state index in [9.17, 15) is 13.2 Å². The van der Waals surface area contributed by atoms with E-state index in [0.717, 1.165) is 11.1 Å². The summed E-state index contributed by atoms with van der Waals surface area (Å²) in [6, 6.07) is 24.3. The van der Waals surface area contributed by atoms with Gasteiger partial charge < -0.3 is 5.73 Å². The quantitative estimate of drug-likeness (QED) is 0.660. The van der Waals surface area contributed by atoms with E-state index in [-0.39, 0.29) is 10.5 Å². The maximum Gasteiger partial charge on any atom is 0.248 e. The summed E-state index contributed by atoms with van der Waals surface area (Å²) in [5.74, 6) is -0.599. The molecule has 0 bridgehead atoms. The number of carbonyl (C=O) groups is 1. The van der Waals surface area contributed by atoms with Crippen molar-refractivity contribution in [3.8, 4) is 0 Å². The zero-order valence-electron chi connectivity index (χ0n) is 14.6. The minimum Gasteiger partial charge on any atom is -0.366 e. The molecule has 1 amide bonds. The number of nitrogens with two attached hydrogens (primary N) is 1. The summed E-state index contributed by atoms with van der Waals surface area (Å²) < 4.78 is 28.5. The van der Waals surface area contributed by atoms with Gasteiger partial charge in [-0.3, -0.25) is 4.79 Å². The third kappa shape index (κ3) is 4.81. The average Bonchev–Trinajstić information content (AvgIpc) is 2.69. The maximum atomic E-state index is 12.9. The molecule has 0 aliphatic heterocycles. The summed E-state index contributed by atoms with van der Waals surface area (Å²) in [4.78, 5) is 11.3. The summed E-state index contributed by atoms with van der Waals surface area (Å²) in [5, 5.41) is 0. The van der Waals surface area contributed by atoms with Gasteiger partial charge in [0.2, 0.25) is 15.9 Å². The first-order valence-corrected chi connectivity index (χ1v) is 9.95. The Morgan fingerprint density at radius 3 is 1.96 bits per heavy atom. The number of nitrogens with one attached hydrogen (secondary N) is 1. The second-order valence-electron chi connectivity index (χ2n) is 6.16. The first-order valence-electron chi connectivity index (χ1n) is 8.47. The number of carbonyl (C=O) groups excluding carboxylic acids is 1. The first kappa shape index (κ1) is 18.8. The lowest BCUT2D eigenvalue weighted by Gasteiger charge is -2.19. The van der Waals surface area contributed by atoms with Crippen molar-refractivity contribution in [3.05, 3.63) is 102 Å². The number of amides is 1. The highest BCUT2D eigenvalue weighted by molar-refractivity contribution is 7.89. The lowest BCUT2D eigenvalue weighted by molar-refractivity contribution is 0.1000. The second-order valence-corrected chi connectivity index (χ2v) is 7.88. The highest BCUT2D eigenvalue weighted by Gasteiger charge is 2.22. The molecule has 5 nitrogen and oxygen atoms in total. The van der Waals surface area contributed by atoms with Crippen molar-refractivity contribution < 1.29 is 13.2 Å². The molecule has 1 atom stereocenters. The maximum absolute atomic E-state index is 12.9. The minimum atomic E-state index is -3.77. The van der Waals surface area contributed by atoms with E-state index < -0.39 is 22.0 Å². The molecule has 0 spiro atoms. The SMILES string of the molecule is NC(=O)c1ccc(S(=O)(=O)N[C@H](Cc2ccccc2)c2ccccc2)cc1. The van der Waals surface area contributed by atoms with Gasteiger partial charge in [-0.15, -0.1) is 0 Å². The van der Waals surface area contributed by atoms with Crippen molar-refractivity contribution in [2.45, 2.75) is 17.4 Å². The van der Waals surface area contributed by atoms with Crippen LogP contribution in [0.3, 0.4) is 0 Å². The smallest absolute Gasteiger partial charge is 0.248 e. The normalized spacial score (nSPS) is 12.4. The summed E-state index contributed by atoms with van der Waals surface area (Å²) in [6.45, 7) is 0. The van der Waals surface area contributed by atoms with Crippen molar-refractivity contribution >= 4 is 15.9 Å². The molecule has 0 unspecified atom stereocenters. The second kappa shape index (κ2) is 8.16. The molecule has 3 aromatic rings. The Balaban J connectivity index is 1.89. The van der Waals surface area contributed by atoms with Gasteiger partial charge in [-0.2, -0.15) is 0 Å². The fourth-order valence-electron chi connectivity index (χ4n) is 2.82. The molecular formula is C21H20N2O3S. The van der Waals surface area contributed by atoms with Crippen molar-refractivity contribution in [1.29, 1.82) is 0 Å². The molecule has 27 heavy (non-hydrogen) atoms. The van der Waals surface area contributed by atoms with Crippen LogP contribution in [0.15, 0.2) is 89.8 Å².